The largest absolute Gasteiger partial charge is 0.311 e. The molecule has 60 valence electrons. The predicted octanol–water partition coefficient (Wildman–Crippen LogP) is 2.34. The third kappa shape index (κ3) is 5.83. The molecule has 0 aromatic rings. The van der Waals surface area contributed by atoms with Crippen LogP contribution in [0.2, 0.25) is 0 Å². The molecule has 1 nitrogen and oxygen atoms in total. The SMILES string of the molecule is C=CC(C)NCCCCC. The molecule has 0 aliphatic rings. The van der Waals surface area contributed by atoms with E-state index in [4.69, 9.17) is 0 Å². The van der Waals surface area contributed by atoms with Crippen LogP contribution in [0.4, 0.5) is 0 Å². The summed E-state index contributed by atoms with van der Waals surface area (Å²) in [5.74, 6) is 0. The minimum absolute atomic E-state index is 0.469. The van der Waals surface area contributed by atoms with E-state index in [0.29, 0.717) is 6.04 Å². The van der Waals surface area contributed by atoms with Crippen LogP contribution in [0.1, 0.15) is 33.1 Å². The zero-order chi connectivity index (χ0) is 7.82. The van der Waals surface area contributed by atoms with Crippen LogP contribution < -0.4 is 5.32 Å². The van der Waals surface area contributed by atoms with Crippen molar-refractivity contribution in [1.29, 1.82) is 0 Å². The summed E-state index contributed by atoms with van der Waals surface area (Å²) in [7, 11) is 0. The van der Waals surface area contributed by atoms with E-state index in [-0.39, 0.29) is 0 Å². The molecule has 10 heavy (non-hydrogen) atoms. The Kier molecular flexibility index (Phi) is 6.61. The maximum Gasteiger partial charge on any atom is 0.0219 e. The summed E-state index contributed by atoms with van der Waals surface area (Å²) in [4.78, 5) is 0. The zero-order valence-electron chi connectivity index (χ0n) is 7.19. The van der Waals surface area contributed by atoms with Crippen LogP contribution >= 0.6 is 0 Å². The van der Waals surface area contributed by atoms with Gasteiger partial charge < -0.3 is 5.32 Å². The van der Waals surface area contributed by atoms with Gasteiger partial charge >= 0.3 is 0 Å². The third-order valence-corrected chi connectivity index (χ3v) is 1.60. The first-order valence-electron chi connectivity index (χ1n) is 4.17. The maximum atomic E-state index is 3.70. The van der Waals surface area contributed by atoms with Gasteiger partial charge in [-0.3, -0.25) is 0 Å². The molecule has 0 bridgehead atoms. The molecular formula is C9H19N. The van der Waals surface area contributed by atoms with Gasteiger partial charge in [0, 0.05) is 6.04 Å². The van der Waals surface area contributed by atoms with E-state index in [1.54, 1.807) is 0 Å². The van der Waals surface area contributed by atoms with E-state index in [2.05, 4.69) is 25.7 Å². The van der Waals surface area contributed by atoms with Crippen molar-refractivity contribution in [3.8, 4) is 0 Å². The van der Waals surface area contributed by atoms with Gasteiger partial charge in [-0.15, -0.1) is 6.58 Å². The van der Waals surface area contributed by atoms with Crippen LogP contribution in [0.15, 0.2) is 12.7 Å². The first-order valence-corrected chi connectivity index (χ1v) is 4.17. The van der Waals surface area contributed by atoms with Crippen molar-refractivity contribution < 1.29 is 0 Å². The Hall–Kier alpha value is -0.300. The fraction of sp³-hybridized carbons (Fsp3) is 0.778. The highest BCUT2D eigenvalue weighted by atomic mass is 14.9. The van der Waals surface area contributed by atoms with Gasteiger partial charge in [0.2, 0.25) is 0 Å². The second-order valence-corrected chi connectivity index (χ2v) is 2.69. The van der Waals surface area contributed by atoms with E-state index in [9.17, 15) is 0 Å². The lowest BCUT2D eigenvalue weighted by atomic mass is 10.2. The molecule has 0 amide bonds. The van der Waals surface area contributed by atoms with Crippen molar-refractivity contribution in [2.75, 3.05) is 6.54 Å². The van der Waals surface area contributed by atoms with Crippen molar-refractivity contribution in [3.63, 3.8) is 0 Å². The van der Waals surface area contributed by atoms with Crippen LogP contribution in [-0.4, -0.2) is 12.6 Å². The van der Waals surface area contributed by atoms with E-state index in [1.807, 2.05) is 6.08 Å². The lowest BCUT2D eigenvalue weighted by Gasteiger charge is -2.07. The van der Waals surface area contributed by atoms with Gasteiger partial charge in [-0.25, -0.2) is 0 Å². The second-order valence-electron chi connectivity index (χ2n) is 2.69. The van der Waals surface area contributed by atoms with Crippen LogP contribution in [0.3, 0.4) is 0 Å². The number of rotatable bonds is 6. The molecule has 0 aromatic carbocycles. The smallest absolute Gasteiger partial charge is 0.0219 e. The van der Waals surface area contributed by atoms with Crippen molar-refractivity contribution >= 4 is 0 Å². The quantitative estimate of drug-likeness (QED) is 0.442. The summed E-state index contributed by atoms with van der Waals surface area (Å²) < 4.78 is 0. The lowest BCUT2D eigenvalue weighted by molar-refractivity contribution is 0.584. The van der Waals surface area contributed by atoms with Crippen LogP contribution in [0.25, 0.3) is 0 Å². The molecule has 1 atom stereocenters. The molecule has 0 aliphatic heterocycles. The Morgan fingerprint density at radius 1 is 1.50 bits per heavy atom. The molecule has 1 N–H and O–H groups in total. The first kappa shape index (κ1) is 9.70. The maximum absolute atomic E-state index is 3.70. The zero-order valence-corrected chi connectivity index (χ0v) is 7.19. The summed E-state index contributed by atoms with van der Waals surface area (Å²) in [6.07, 6.45) is 5.85. The first-order chi connectivity index (χ1) is 4.81. The van der Waals surface area contributed by atoms with Gasteiger partial charge in [0.25, 0.3) is 0 Å². The molecular weight excluding hydrogens is 122 g/mol. The molecule has 0 radical (unpaired) electrons. The topological polar surface area (TPSA) is 12.0 Å². The van der Waals surface area contributed by atoms with Crippen LogP contribution in [-0.2, 0) is 0 Å². The molecule has 0 rings (SSSR count). The minimum atomic E-state index is 0.469. The summed E-state index contributed by atoms with van der Waals surface area (Å²) >= 11 is 0. The average molecular weight is 141 g/mol. The number of hydrogen-bond acceptors (Lipinski definition) is 1. The lowest BCUT2D eigenvalue weighted by Crippen LogP contribution is -2.24. The van der Waals surface area contributed by atoms with Crippen molar-refractivity contribution in [3.05, 3.63) is 12.7 Å². The summed E-state index contributed by atoms with van der Waals surface area (Å²) in [6.45, 7) is 9.17. The monoisotopic (exact) mass is 141 g/mol. The average Bonchev–Trinajstić information content (AvgIpc) is 1.98. The Labute approximate surface area is 64.5 Å². The third-order valence-electron chi connectivity index (χ3n) is 1.60. The molecule has 0 heterocycles. The highest BCUT2D eigenvalue weighted by Crippen LogP contribution is 1.92. The van der Waals surface area contributed by atoms with Crippen molar-refractivity contribution in [2.45, 2.75) is 39.2 Å². The second kappa shape index (κ2) is 6.81. The normalized spacial score (nSPS) is 13.0. The Morgan fingerprint density at radius 2 is 2.20 bits per heavy atom. The highest BCUT2D eigenvalue weighted by molar-refractivity contribution is 4.80. The van der Waals surface area contributed by atoms with Crippen LogP contribution in [0.5, 0.6) is 0 Å². The molecule has 0 aromatic heterocycles. The molecule has 0 saturated heterocycles. The van der Waals surface area contributed by atoms with Crippen molar-refractivity contribution in [2.24, 2.45) is 0 Å². The fourth-order valence-corrected chi connectivity index (χ4v) is 0.788. The summed E-state index contributed by atoms with van der Waals surface area (Å²) in [6, 6.07) is 0.469. The van der Waals surface area contributed by atoms with Crippen molar-refractivity contribution in [1.82, 2.24) is 5.32 Å². The molecule has 1 unspecified atom stereocenters. The van der Waals surface area contributed by atoms with Gasteiger partial charge in [-0.2, -0.15) is 0 Å². The van der Waals surface area contributed by atoms with Gasteiger partial charge in [0.1, 0.15) is 0 Å². The Morgan fingerprint density at radius 3 is 2.70 bits per heavy atom. The van der Waals surface area contributed by atoms with E-state index < -0.39 is 0 Å². The summed E-state index contributed by atoms with van der Waals surface area (Å²) in [5.41, 5.74) is 0. The highest BCUT2D eigenvalue weighted by Gasteiger charge is 1.91. The van der Waals surface area contributed by atoms with E-state index in [1.165, 1.54) is 19.3 Å². The minimum Gasteiger partial charge on any atom is -0.311 e. The predicted molar refractivity (Wildman–Crippen MR) is 47.2 cm³/mol. The molecule has 1 heteroatoms. The standard InChI is InChI=1S/C9H19N/c1-4-6-7-8-10-9(3)5-2/h5,9-10H,2,4,6-8H2,1,3H3. The van der Waals surface area contributed by atoms with Gasteiger partial charge in [0.05, 0.1) is 0 Å². The van der Waals surface area contributed by atoms with E-state index in [0.717, 1.165) is 6.54 Å². The summed E-state index contributed by atoms with van der Waals surface area (Å²) in [5, 5.41) is 3.35. The van der Waals surface area contributed by atoms with Gasteiger partial charge in [0.15, 0.2) is 0 Å². The van der Waals surface area contributed by atoms with E-state index >= 15 is 0 Å². The Bertz CT molecular complexity index is 78.8. The van der Waals surface area contributed by atoms with Crippen LogP contribution in [0, 0.1) is 0 Å². The van der Waals surface area contributed by atoms with Gasteiger partial charge in [-0.1, -0.05) is 25.8 Å². The number of unbranched alkanes of at least 4 members (excludes halogenated alkanes) is 2. The molecule has 0 spiro atoms. The molecule has 0 aliphatic carbocycles. The van der Waals surface area contributed by atoms with Gasteiger partial charge in [-0.05, 0) is 19.9 Å². The molecule has 0 fully saturated rings. The molecule has 0 saturated carbocycles. The number of hydrogen-bond donors (Lipinski definition) is 1. The number of nitrogens with one attached hydrogen (secondary N) is 1. The fourth-order valence-electron chi connectivity index (χ4n) is 0.788. The Balaban J connectivity index is 2.95.